The number of nitrogens with zero attached hydrogens (tertiary/aromatic N) is 5. The van der Waals surface area contributed by atoms with Crippen LogP contribution in [0.2, 0.25) is 0 Å². The van der Waals surface area contributed by atoms with Crippen LogP contribution in [0.25, 0.3) is 22.2 Å². The second-order valence-corrected chi connectivity index (χ2v) is 11.8. The number of rotatable bonds is 12. The number of Topliss-reactive ketones (excluding diaryl/α,β-unsaturated/α-hetero) is 2. The summed E-state index contributed by atoms with van der Waals surface area (Å²) < 4.78 is 21.4. The highest BCUT2D eigenvalue weighted by molar-refractivity contribution is 6.03. The van der Waals surface area contributed by atoms with Crippen molar-refractivity contribution in [2.45, 2.75) is 38.5 Å². The molecule has 1 saturated carbocycles. The molecule has 0 bridgehead atoms. The maximum atomic E-state index is 13.0. The van der Waals surface area contributed by atoms with Gasteiger partial charge in [-0.2, -0.15) is 5.10 Å². The first-order chi connectivity index (χ1) is 24.3. The van der Waals surface area contributed by atoms with E-state index in [0.717, 1.165) is 11.1 Å². The van der Waals surface area contributed by atoms with Crippen LogP contribution in [0.5, 0.6) is 0 Å². The van der Waals surface area contributed by atoms with Crippen molar-refractivity contribution in [2.24, 2.45) is 7.05 Å². The van der Waals surface area contributed by atoms with Crippen LogP contribution in [0.15, 0.2) is 78.0 Å². The zero-order valence-corrected chi connectivity index (χ0v) is 27.5. The van der Waals surface area contributed by atoms with Gasteiger partial charge < -0.3 is 19.9 Å². The fourth-order valence-electron chi connectivity index (χ4n) is 5.75. The van der Waals surface area contributed by atoms with Crippen LogP contribution in [0.1, 0.15) is 46.8 Å². The van der Waals surface area contributed by atoms with E-state index in [9.17, 15) is 19.2 Å². The fraction of sp³-hybridized carbons (Fsp3) is 0.297. The Kier molecular flexibility index (Phi) is 10.6. The molecule has 5 aromatic rings. The van der Waals surface area contributed by atoms with E-state index in [1.54, 1.807) is 42.3 Å². The number of benzene rings is 2. The summed E-state index contributed by atoms with van der Waals surface area (Å²) in [5.74, 6) is 5.26. The van der Waals surface area contributed by atoms with E-state index in [1.165, 1.54) is 9.13 Å². The van der Waals surface area contributed by atoms with Gasteiger partial charge in [0.2, 0.25) is 0 Å². The molecule has 0 saturated heterocycles. The molecule has 3 aromatic heterocycles. The zero-order valence-electron chi connectivity index (χ0n) is 27.5. The number of fused-ring (bicyclic) bond motifs is 1. The molecular formula is C37H36N6O7. The number of hydrogen-bond donors (Lipinski definition) is 1. The van der Waals surface area contributed by atoms with Gasteiger partial charge in [-0.3, -0.25) is 23.4 Å². The molecule has 0 radical (unpaired) electrons. The van der Waals surface area contributed by atoms with Gasteiger partial charge >= 0.3 is 11.7 Å². The number of ketones is 2. The maximum absolute atomic E-state index is 13.0. The Labute approximate surface area is 287 Å². The van der Waals surface area contributed by atoms with E-state index in [1.807, 2.05) is 42.6 Å². The van der Waals surface area contributed by atoms with Gasteiger partial charge in [-0.15, -0.1) is 0 Å². The Morgan fingerprint density at radius 2 is 1.80 bits per heavy atom. The molecule has 0 aliphatic heterocycles. The van der Waals surface area contributed by atoms with Gasteiger partial charge in [-0.25, -0.2) is 14.6 Å². The Balaban J connectivity index is 0.931. The predicted octanol–water partition coefficient (Wildman–Crippen LogP) is 3.49. The number of aromatic nitrogens is 5. The Morgan fingerprint density at radius 1 is 0.980 bits per heavy atom. The summed E-state index contributed by atoms with van der Waals surface area (Å²) in [4.78, 5) is 54.0. The van der Waals surface area contributed by atoms with E-state index < -0.39 is 12.0 Å². The molecule has 13 nitrogen and oxygen atoms in total. The van der Waals surface area contributed by atoms with E-state index >= 15 is 0 Å². The van der Waals surface area contributed by atoms with Gasteiger partial charge in [0.1, 0.15) is 30.4 Å². The third-order valence-corrected chi connectivity index (χ3v) is 8.40. The van der Waals surface area contributed by atoms with Crippen molar-refractivity contribution in [1.29, 1.82) is 0 Å². The number of pyridine rings is 1. The van der Waals surface area contributed by atoms with Gasteiger partial charge in [0.15, 0.2) is 5.78 Å². The molecular weight excluding hydrogens is 640 g/mol. The quantitative estimate of drug-likeness (QED) is 0.0896. The lowest BCUT2D eigenvalue weighted by molar-refractivity contribution is -0.132. The van der Waals surface area contributed by atoms with Gasteiger partial charge in [0, 0.05) is 42.6 Å². The van der Waals surface area contributed by atoms with Crippen LogP contribution in [-0.4, -0.2) is 67.9 Å². The molecule has 0 spiro atoms. The fourth-order valence-corrected chi connectivity index (χ4v) is 5.75. The number of esters is 1. The van der Waals surface area contributed by atoms with Gasteiger partial charge in [0.25, 0.3) is 0 Å². The molecule has 2 aromatic carbocycles. The minimum atomic E-state index is -0.626. The molecule has 3 heterocycles. The minimum Gasteiger partial charge on any atom is -0.457 e. The molecule has 0 amide bonds. The number of ether oxygens (including phenoxy) is 3. The van der Waals surface area contributed by atoms with E-state index in [2.05, 4.69) is 21.9 Å². The van der Waals surface area contributed by atoms with Crippen molar-refractivity contribution in [3.05, 3.63) is 100 Å². The predicted molar refractivity (Wildman–Crippen MR) is 184 cm³/mol. The summed E-state index contributed by atoms with van der Waals surface area (Å²) in [6, 6.07) is 15.8. The normalized spacial score (nSPS) is 14.5. The number of aryl methyl sites for hydroxylation is 1. The van der Waals surface area contributed by atoms with E-state index in [-0.39, 0.29) is 48.3 Å². The largest absolute Gasteiger partial charge is 0.457 e. The number of nitrogen functional groups attached to an aromatic ring is 1. The lowest BCUT2D eigenvalue weighted by Gasteiger charge is -2.21. The Morgan fingerprint density at radius 3 is 2.62 bits per heavy atom. The summed E-state index contributed by atoms with van der Waals surface area (Å²) in [5, 5.41) is 4.38. The molecule has 1 aliphatic carbocycles. The maximum Gasteiger partial charge on any atom is 0.342 e. The number of anilines is 1. The Bertz CT molecular complexity index is 2160. The van der Waals surface area contributed by atoms with E-state index in [4.69, 9.17) is 19.9 Å². The molecule has 1 unspecified atom stereocenters. The van der Waals surface area contributed by atoms with Crippen LogP contribution in [0.4, 0.5) is 5.82 Å². The molecule has 13 heteroatoms. The first-order valence-electron chi connectivity index (χ1n) is 16.2. The van der Waals surface area contributed by atoms with Gasteiger partial charge in [-0.05, 0) is 36.2 Å². The second-order valence-electron chi connectivity index (χ2n) is 11.8. The molecule has 6 rings (SSSR count). The topological polar surface area (TPSA) is 163 Å². The van der Waals surface area contributed by atoms with Crippen molar-refractivity contribution >= 4 is 34.4 Å². The highest BCUT2D eigenvalue weighted by Crippen LogP contribution is 2.27. The number of hydrogen-bond acceptors (Lipinski definition) is 10. The number of imidazole rings is 1. The van der Waals surface area contributed by atoms with Crippen LogP contribution in [-0.2, 0) is 44.0 Å². The molecule has 256 valence electrons. The lowest BCUT2D eigenvalue weighted by Crippen LogP contribution is -2.34. The highest BCUT2D eigenvalue weighted by Gasteiger charge is 2.31. The highest BCUT2D eigenvalue weighted by atomic mass is 16.5. The first kappa shape index (κ1) is 34.0. The zero-order chi connectivity index (χ0) is 35.0. The van der Waals surface area contributed by atoms with Crippen molar-refractivity contribution in [3.8, 4) is 23.0 Å². The van der Waals surface area contributed by atoms with Crippen LogP contribution < -0.4 is 11.4 Å². The molecule has 1 aliphatic rings. The smallest absolute Gasteiger partial charge is 0.342 e. The summed E-state index contributed by atoms with van der Waals surface area (Å²) in [7, 11) is 1.66. The first-order valence-corrected chi connectivity index (χ1v) is 16.2. The number of carbonyl (C=O) groups is 3. The van der Waals surface area contributed by atoms with Crippen molar-refractivity contribution in [3.63, 3.8) is 0 Å². The van der Waals surface area contributed by atoms with Crippen molar-refractivity contribution in [1.82, 2.24) is 23.9 Å². The minimum absolute atomic E-state index is 0.0832. The van der Waals surface area contributed by atoms with Crippen molar-refractivity contribution in [2.75, 3.05) is 32.2 Å². The summed E-state index contributed by atoms with van der Waals surface area (Å²) >= 11 is 0. The third kappa shape index (κ3) is 7.89. The number of nitrogens with two attached hydrogens (primary N) is 1. The standard InChI is InChI=1S/C37H36N6O7/c1-41-33-18-25(9-11-31(33)43(37(41)47)32-12-10-29(44)20-34(32)45)8-5-14-48-16-17-49-15-13-42-23-28(22-40-42)27-19-30(35(38)39-21-27)36(46)50-24-26-6-3-2-4-7-26/h2-4,6-7,9,11,18-19,21-23,32H,10,12-17,20,24H2,1H3,(H2,38,39). The summed E-state index contributed by atoms with van der Waals surface area (Å²) in [6.07, 6.45) is 5.61. The molecule has 1 atom stereocenters. The molecule has 2 N–H and O–H groups in total. The lowest BCUT2D eigenvalue weighted by atomic mass is 9.93. The van der Waals surface area contributed by atoms with Crippen molar-refractivity contribution < 1.29 is 28.6 Å². The average molecular weight is 677 g/mol. The second kappa shape index (κ2) is 15.6. The summed E-state index contributed by atoms with van der Waals surface area (Å²) in [6.45, 7) is 1.98. The third-order valence-electron chi connectivity index (χ3n) is 8.40. The van der Waals surface area contributed by atoms with Crippen LogP contribution >= 0.6 is 0 Å². The molecule has 1 fully saturated rings. The van der Waals surface area contributed by atoms with Crippen LogP contribution in [0.3, 0.4) is 0 Å². The van der Waals surface area contributed by atoms with Crippen LogP contribution in [0, 0.1) is 11.8 Å². The van der Waals surface area contributed by atoms with Gasteiger partial charge in [-0.1, -0.05) is 42.2 Å². The SMILES string of the molecule is Cn1c(=O)n(C2CCC(=O)CC2=O)c2ccc(C#CCOCCOCCn3cc(-c4cnc(N)c(C(=O)OCc5ccccc5)c4)cn3)cc21. The monoisotopic (exact) mass is 676 g/mol. The number of carbonyl (C=O) groups excluding carboxylic acids is 3. The molecule has 50 heavy (non-hydrogen) atoms. The summed E-state index contributed by atoms with van der Waals surface area (Å²) in [5.41, 5.74) is 10.2. The average Bonchev–Trinajstić information content (AvgIpc) is 3.69. The van der Waals surface area contributed by atoms with Gasteiger partial charge in [0.05, 0.1) is 56.1 Å². The van der Waals surface area contributed by atoms with E-state index in [0.29, 0.717) is 61.4 Å². The Hall–Kier alpha value is -5.84.